The third kappa shape index (κ3) is 10.4. The number of benzene rings is 5. The molecular formula is C40H38N2O5. The van der Waals surface area contributed by atoms with E-state index in [1.807, 2.05) is 121 Å². The molecule has 0 bridgehead atoms. The molecule has 2 amide bonds. The van der Waals surface area contributed by atoms with Crippen LogP contribution >= 0.6 is 0 Å². The molecule has 0 spiro atoms. The minimum Gasteiger partial charge on any atom is -0.489 e. The second-order valence-corrected chi connectivity index (χ2v) is 11.2. The molecule has 0 aromatic heterocycles. The average molecular weight is 627 g/mol. The summed E-state index contributed by atoms with van der Waals surface area (Å²) in [6, 6.07) is 43.8. The van der Waals surface area contributed by atoms with E-state index >= 15 is 0 Å². The molecule has 0 fully saturated rings. The Kier molecular flexibility index (Phi) is 11.9. The third-order valence-corrected chi connectivity index (χ3v) is 7.59. The molecule has 0 heterocycles. The molecule has 5 aromatic rings. The van der Waals surface area contributed by atoms with Gasteiger partial charge in [0.15, 0.2) is 0 Å². The van der Waals surface area contributed by atoms with Gasteiger partial charge >= 0.3 is 5.97 Å². The lowest BCUT2D eigenvalue weighted by Crippen LogP contribution is -2.46. The summed E-state index contributed by atoms with van der Waals surface area (Å²) in [6.45, 7) is 0.303. The summed E-state index contributed by atoms with van der Waals surface area (Å²) in [6.07, 6.45) is 0.729. The lowest BCUT2D eigenvalue weighted by atomic mass is 10.0. The highest BCUT2D eigenvalue weighted by atomic mass is 16.5. The first-order chi connectivity index (χ1) is 23.0. The molecule has 7 nitrogen and oxygen atoms in total. The van der Waals surface area contributed by atoms with Crippen molar-refractivity contribution >= 4 is 17.8 Å². The highest BCUT2D eigenvalue weighted by molar-refractivity contribution is 5.94. The van der Waals surface area contributed by atoms with Gasteiger partial charge in [0.05, 0.1) is 12.5 Å². The molecule has 5 aromatic carbocycles. The quantitative estimate of drug-likeness (QED) is 0.137. The molecule has 0 aliphatic heterocycles. The molecule has 5 rings (SSSR count). The van der Waals surface area contributed by atoms with Crippen LogP contribution in [0.4, 0.5) is 0 Å². The van der Waals surface area contributed by atoms with Crippen LogP contribution in [0.15, 0.2) is 146 Å². The van der Waals surface area contributed by atoms with E-state index in [-0.39, 0.29) is 31.3 Å². The van der Waals surface area contributed by atoms with Crippen LogP contribution in [0.2, 0.25) is 0 Å². The lowest BCUT2D eigenvalue weighted by Gasteiger charge is -2.22. The van der Waals surface area contributed by atoms with E-state index in [0.717, 1.165) is 16.7 Å². The number of ether oxygens (including phenoxy) is 2. The van der Waals surface area contributed by atoms with E-state index in [1.54, 1.807) is 24.3 Å². The number of rotatable bonds is 15. The fraction of sp³-hybridized carbons (Fsp3) is 0.175. The van der Waals surface area contributed by atoms with Gasteiger partial charge in [0.2, 0.25) is 5.91 Å². The maximum atomic E-state index is 13.6. The monoisotopic (exact) mass is 626 g/mol. The molecule has 238 valence electrons. The van der Waals surface area contributed by atoms with Gasteiger partial charge in [-0.2, -0.15) is 0 Å². The second-order valence-electron chi connectivity index (χ2n) is 11.2. The zero-order chi connectivity index (χ0) is 32.7. The normalized spacial score (nSPS) is 11.9. The van der Waals surface area contributed by atoms with Crippen LogP contribution < -0.4 is 15.4 Å². The molecule has 0 aliphatic rings. The van der Waals surface area contributed by atoms with Gasteiger partial charge in [-0.25, -0.2) is 4.79 Å². The molecule has 0 radical (unpaired) electrons. The Bertz CT molecular complexity index is 1710. The van der Waals surface area contributed by atoms with Crippen LogP contribution in [0.1, 0.15) is 32.6 Å². The van der Waals surface area contributed by atoms with Gasteiger partial charge in [-0.3, -0.25) is 9.59 Å². The van der Waals surface area contributed by atoms with Crippen molar-refractivity contribution in [1.29, 1.82) is 0 Å². The Hall–Kier alpha value is -5.69. The van der Waals surface area contributed by atoms with E-state index in [9.17, 15) is 14.4 Å². The minimum absolute atomic E-state index is 0.0211. The fourth-order valence-corrected chi connectivity index (χ4v) is 5.18. The van der Waals surface area contributed by atoms with Crippen LogP contribution in [0.25, 0.3) is 0 Å². The standard InChI is InChI=1S/C40H38N2O5/c43-38(27-34-23-13-14-24-37(34)46-28-32-19-9-3-10-20-32)42-36(26-31-17-7-2-8-18-31)40(45)47-29-35(25-30-15-5-1-6-16-30)41-39(44)33-21-11-4-12-22-33/h1-24,35-36H,25-29H2,(H,41,44)(H,42,43)/t35-,36-/m1/s1. The molecule has 0 unspecified atom stereocenters. The number of amides is 2. The Balaban J connectivity index is 1.26. The Morgan fingerprint density at radius 3 is 1.74 bits per heavy atom. The number of hydrogen-bond acceptors (Lipinski definition) is 5. The SMILES string of the molecule is O=C(Cc1ccccc1OCc1ccccc1)N[C@H](Cc1ccccc1)C(=O)OC[C@@H](Cc1ccccc1)NC(=O)c1ccccc1. The predicted molar refractivity (Wildman–Crippen MR) is 182 cm³/mol. The van der Waals surface area contributed by atoms with Gasteiger partial charge < -0.3 is 20.1 Å². The molecule has 2 N–H and O–H groups in total. The summed E-state index contributed by atoms with van der Waals surface area (Å²) in [5.41, 5.74) is 4.10. The average Bonchev–Trinajstić information content (AvgIpc) is 3.11. The van der Waals surface area contributed by atoms with E-state index in [1.165, 1.54) is 0 Å². The van der Waals surface area contributed by atoms with Crippen molar-refractivity contribution in [3.63, 3.8) is 0 Å². The highest BCUT2D eigenvalue weighted by Crippen LogP contribution is 2.20. The Morgan fingerprint density at radius 2 is 1.11 bits per heavy atom. The number of esters is 1. The number of hydrogen-bond donors (Lipinski definition) is 2. The first-order valence-corrected chi connectivity index (χ1v) is 15.7. The third-order valence-electron chi connectivity index (χ3n) is 7.59. The Labute approximate surface area is 275 Å². The van der Waals surface area contributed by atoms with Crippen molar-refractivity contribution in [3.8, 4) is 5.75 Å². The summed E-state index contributed by atoms with van der Waals surface area (Å²) in [5, 5.41) is 5.91. The van der Waals surface area contributed by atoms with Crippen LogP contribution in [0.3, 0.4) is 0 Å². The zero-order valence-electron chi connectivity index (χ0n) is 26.1. The minimum atomic E-state index is -0.940. The first-order valence-electron chi connectivity index (χ1n) is 15.7. The van der Waals surface area contributed by atoms with Crippen molar-refractivity contribution < 1.29 is 23.9 Å². The van der Waals surface area contributed by atoms with Gasteiger partial charge in [-0.15, -0.1) is 0 Å². The summed E-state index contributed by atoms with van der Waals surface area (Å²) < 4.78 is 11.9. The van der Waals surface area contributed by atoms with Crippen molar-refractivity contribution in [2.75, 3.05) is 6.61 Å². The highest BCUT2D eigenvalue weighted by Gasteiger charge is 2.25. The van der Waals surface area contributed by atoms with Gasteiger partial charge in [0.1, 0.15) is 25.0 Å². The molecule has 0 saturated heterocycles. The van der Waals surface area contributed by atoms with Crippen molar-refractivity contribution in [1.82, 2.24) is 10.6 Å². The summed E-state index contributed by atoms with van der Waals surface area (Å²) >= 11 is 0. The Morgan fingerprint density at radius 1 is 0.574 bits per heavy atom. The fourth-order valence-electron chi connectivity index (χ4n) is 5.18. The number of carbonyl (C=O) groups excluding carboxylic acids is 3. The summed E-state index contributed by atoms with van der Waals surface area (Å²) in [4.78, 5) is 40.0. The van der Waals surface area contributed by atoms with Crippen LogP contribution in [-0.2, 0) is 40.2 Å². The van der Waals surface area contributed by atoms with Crippen molar-refractivity contribution in [2.45, 2.75) is 38.0 Å². The molecule has 7 heteroatoms. The number of nitrogens with one attached hydrogen (secondary N) is 2. The van der Waals surface area contributed by atoms with E-state index in [2.05, 4.69) is 10.6 Å². The van der Waals surface area contributed by atoms with Crippen LogP contribution in [-0.4, -0.2) is 36.5 Å². The molecule has 2 atom stereocenters. The molecular weight excluding hydrogens is 588 g/mol. The maximum absolute atomic E-state index is 13.6. The van der Waals surface area contributed by atoms with E-state index in [4.69, 9.17) is 9.47 Å². The summed E-state index contributed by atoms with van der Waals surface area (Å²) in [7, 11) is 0. The smallest absolute Gasteiger partial charge is 0.329 e. The van der Waals surface area contributed by atoms with E-state index < -0.39 is 18.1 Å². The maximum Gasteiger partial charge on any atom is 0.329 e. The van der Waals surface area contributed by atoms with Gasteiger partial charge in [-0.1, -0.05) is 127 Å². The molecule has 0 saturated carbocycles. The van der Waals surface area contributed by atoms with Gasteiger partial charge in [0.25, 0.3) is 5.91 Å². The largest absolute Gasteiger partial charge is 0.489 e. The number of para-hydroxylation sites is 1. The second kappa shape index (κ2) is 17.1. The van der Waals surface area contributed by atoms with E-state index in [0.29, 0.717) is 29.9 Å². The molecule has 47 heavy (non-hydrogen) atoms. The van der Waals surface area contributed by atoms with Gasteiger partial charge in [-0.05, 0) is 41.3 Å². The number of carbonyl (C=O) groups is 3. The zero-order valence-corrected chi connectivity index (χ0v) is 26.1. The van der Waals surface area contributed by atoms with Crippen LogP contribution in [0, 0.1) is 0 Å². The lowest BCUT2D eigenvalue weighted by molar-refractivity contribution is -0.148. The first kappa shape index (κ1) is 32.7. The van der Waals surface area contributed by atoms with Crippen molar-refractivity contribution in [3.05, 3.63) is 173 Å². The molecule has 0 aliphatic carbocycles. The van der Waals surface area contributed by atoms with Crippen molar-refractivity contribution in [2.24, 2.45) is 0 Å². The van der Waals surface area contributed by atoms with Crippen LogP contribution in [0.5, 0.6) is 5.75 Å². The summed E-state index contributed by atoms with van der Waals surface area (Å²) in [5.74, 6) is -0.573. The predicted octanol–water partition coefficient (Wildman–Crippen LogP) is 6.12. The van der Waals surface area contributed by atoms with Gasteiger partial charge in [0, 0.05) is 17.5 Å². The topological polar surface area (TPSA) is 93.7 Å².